The number of pyridine rings is 1. The number of nitrogens with one attached hydrogen (secondary N) is 1. The largest absolute Gasteiger partial charge is 0.369 e. The van der Waals surface area contributed by atoms with E-state index in [0.29, 0.717) is 5.82 Å². The molecule has 3 heterocycles. The molecule has 0 aliphatic carbocycles. The van der Waals surface area contributed by atoms with Gasteiger partial charge in [-0.3, -0.25) is 4.98 Å². The Morgan fingerprint density at radius 2 is 1.86 bits per heavy atom. The molecular weight excluding hydrogens is 376 g/mol. The molecule has 1 aromatic carbocycles. The number of aromatic nitrogens is 3. The van der Waals surface area contributed by atoms with Crippen LogP contribution >= 0.6 is 11.3 Å². The lowest BCUT2D eigenvalue weighted by Gasteiger charge is -2.09. The molecule has 3 aromatic heterocycles. The molecule has 4 rings (SSSR count). The summed E-state index contributed by atoms with van der Waals surface area (Å²) in [6.07, 6.45) is 6.43. The Kier molecular flexibility index (Phi) is 6.13. The highest BCUT2D eigenvalue weighted by Gasteiger charge is 2.14. The van der Waals surface area contributed by atoms with Crippen molar-refractivity contribution < 1.29 is 0 Å². The molecule has 4 nitrogen and oxygen atoms in total. The first-order valence-corrected chi connectivity index (χ1v) is 10.7. The van der Waals surface area contributed by atoms with Gasteiger partial charge in [-0.1, -0.05) is 49.1 Å². The van der Waals surface area contributed by atoms with E-state index in [-0.39, 0.29) is 0 Å². The summed E-state index contributed by atoms with van der Waals surface area (Å²) >= 11 is 1.65. The number of nitrogens with zero attached hydrogens (tertiary/aromatic N) is 3. The van der Waals surface area contributed by atoms with Gasteiger partial charge in [0.15, 0.2) is 5.82 Å². The fourth-order valence-electron chi connectivity index (χ4n) is 3.08. The smallest absolute Gasteiger partial charge is 0.162 e. The molecule has 0 atom stereocenters. The van der Waals surface area contributed by atoms with Crippen molar-refractivity contribution in [1.29, 1.82) is 0 Å². The van der Waals surface area contributed by atoms with Gasteiger partial charge >= 0.3 is 0 Å². The third-order valence-electron chi connectivity index (χ3n) is 4.53. The van der Waals surface area contributed by atoms with Crippen molar-refractivity contribution in [3.63, 3.8) is 0 Å². The van der Waals surface area contributed by atoms with Crippen LogP contribution < -0.4 is 5.32 Å². The molecule has 0 unspecified atom stereocenters. The maximum absolute atomic E-state index is 4.82. The van der Waals surface area contributed by atoms with Gasteiger partial charge in [-0.2, -0.15) is 0 Å². The minimum Gasteiger partial charge on any atom is -0.369 e. The number of hydrogen-bond acceptors (Lipinski definition) is 5. The molecule has 0 bridgehead atoms. The quantitative estimate of drug-likeness (QED) is 0.341. The molecule has 5 heteroatoms. The summed E-state index contributed by atoms with van der Waals surface area (Å²) in [4.78, 5) is 13.7. The minimum atomic E-state index is 0.698. The number of benzene rings is 1. The molecule has 0 saturated carbocycles. The monoisotopic (exact) mass is 398 g/mol. The average molecular weight is 399 g/mol. The van der Waals surface area contributed by atoms with Gasteiger partial charge in [0.25, 0.3) is 0 Å². The number of hydrogen-bond donors (Lipinski definition) is 1. The Morgan fingerprint density at radius 1 is 1.03 bits per heavy atom. The van der Waals surface area contributed by atoms with Gasteiger partial charge in [0, 0.05) is 36.3 Å². The molecular formula is C24H22N4S. The van der Waals surface area contributed by atoms with Crippen molar-refractivity contribution in [2.45, 2.75) is 26.2 Å². The number of fused-ring (bicyclic) bond motifs is 1. The van der Waals surface area contributed by atoms with Crippen molar-refractivity contribution in [3.05, 3.63) is 71.4 Å². The molecule has 0 amide bonds. The molecule has 4 aromatic rings. The SMILES string of the molecule is CCC#Cc1csc2c(NCCCc3ccccc3)nc(-c3ccncc3)nc12. The first kappa shape index (κ1) is 19.1. The highest BCUT2D eigenvalue weighted by Crippen LogP contribution is 2.32. The molecule has 1 N–H and O–H groups in total. The Bertz CT molecular complexity index is 1140. The van der Waals surface area contributed by atoms with E-state index in [4.69, 9.17) is 9.97 Å². The van der Waals surface area contributed by atoms with Crippen LogP contribution in [-0.2, 0) is 6.42 Å². The van der Waals surface area contributed by atoms with E-state index in [2.05, 4.69) is 64.8 Å². The predicted octanol–water partition coefficient (Wildman–Crippen LogP) is 5.56. The summed E-state index contributed by atoms with van der Waals surface area (Å²) < 4.78 is 1.06. The summed E-state index contributed by atoms with van der Waals surface area (Å²) in [6.45, 7) is 2.91. The fraction of sp³-hybridized carbons (Fsp3) is 0.208. The van der Waals surface area contributed by atoms with Crippen molar-refractivity contribution in [2.24, 2.45) is 0 Å². The topological polar surface area (TPSA) is 50.7 Å². The van der Waals surface area contributed by atoms with Crippen LogP contribution in [0, 0.1) is 11.8 Å². The number of anilines is 1. The second kappa shape index (κ2) is 9.31. The van der Waals surface area contributed by atoms with Gasteiger partial charge in [0.2, 0.25) is 0 Å². The van der Waals surface area contributed by atoms with E-state index in [1.807, 2.05) is 12.1 Å². The van der Waals surface area contributed by atoms with Gasteiger partial charge in [-0.15, -0.1) is 11.3 Å². The Morgan fingerprint density at radius 3 is 2.66 bits per heavy atom. The highest BCUT2D eigenvalue weighted by molar-refractivity contribution is 7.18. The molecule has 0 fully saturated rings. The third-order valence-corrected chi connectivity index (χ3v) is 5.51. The molecule has 29 heavy (non-hydrogen) atoms. The Hall–Kier alpha value is -3.23. The first-order chi connectivity index (χ1) is 14.3. The average Bonchev–Trinajstić information content (AvgIpc) is 3.19. The van der Waals surface area contributed by atoms with Crippen molar-refractivity contribution in [1.82, 2.24) is 15.0 Å². The lowest BCUT2D eigenvalue weighted by molar-refractivity contribution is 0.860. The summed E-state index contributed by atoms with van der Waals surface area (Å²) in [5.41, 5.74) is 4.20. The molecule has 0 aliphatic rings. The van der Waals surface area contributed by atoms with Crippen LogP contribution in [0.1, 0.15) is 30.9 Å². The van der Waals surface area contributed by atoms with Crippen LogP contribution in [0.15, 0.2) is 60.2 Å². The van der Waals surface area contributed by atoms with Gasteiger partial charge < -0.3 is 5.32 Å². The zero-order valence-corrected chi connectivity index (χ0v) is 17.2. The van der Waals surface area contributed by atoms with Crippen molar-refractivity contribution in [2.75, 3.05) is 11.9 Å². The van der Waals surface area contributed by atoms with Crippen LogP contribution in [0.25, 0.3) is 21.6 Å². The van der Waals surface area contributed by atoms with E-state index >= 15 is 0 Å². The van der Waals surface area contributed by atoms with Gasteiger partial charge in [-0.25, -0.2) is 9.97 Å². The van der Waals surface area contributed by atoms with Crippen LogP contribution in [0.5, 0.6) is 0 Å². The van der Waals surface area contributed by atoms with E-state index in [1.165, 1.54) is 5.56 Å². The summed E-state index contributed by atoms with van der Waals surface area (Å²) in [5.74, 6) is 7.98. The zero-order chi connectivity index (χ0) is 19.9. The third kappa shape index (κ3) is 4.61. The minimum absolute atomic E-state index is 0.698. The lowest BCUT2D eigenvalue weighted by Crippen LogP contribution is -2.06. The van der Waals surface area contributed by atoms with Crippen LogP contribution in [0.3, 0.4) is 0 Å². The Balaban J connectivity index is 1.61. The standard InChI is InChI=1S/C24H22N4S/c1-2-3-11-20-17-29-22-21(20)27-23(19-12-15-25-16-13-19)28-24(22)26-14-7-10-18-8-5-4-6-9-18/h4-6,8-9,12-13,15-17H,2,7,10,14H2,1H3,(H,26,27,28). The molecule has 0 radical (unpaired) electrons. The number of thiophene rings is 1. The van der Waals surface area contributed by atoms with E-state index in [0.717, 1.165) is 53.0 Å². The van der Waals surface area contributed by atoms with E-state index < -0.39 is 0 Å². The number of aryl methyl sites for hydroxylation is 1. The fourth-order valence-corrected chi connectivity index (χ4v) is 3.99. The summed E-state index contributed by atoms with van der Waals surface area (Å²) in [5, 5.41) is 5.61. The van der Waals surface area contributed by atoms with E-state index in [1.54, 1.807) is 23.7 Å². The van der Waals surface area contributed by atoms with E-state index in [9.17, 15) is 0 Å². The lowest BCUT2D eigenvalue weighted by atomic mass is 10.1. The summed E-state index contributed by atoms with van der Waals surface area (Å²) in [7, 11) is 0. The predicted molar refractivity (Wildman–Crippen MR) is 121 cm³/mol. The number of rotatable bonds is 6. The maximum Gasteiger partial charge on any atom is 0.162 e. The maximum atomic E-state index is 4.82. The molecule has 0 aliphatic heterocycles. The van der Waals surface area contributed by atoms with Crippen LogP contribution in [0.2, 0.25) is 0 Å². The highest BCUT2D eigenvalue weighted by atomic mass is 32.1. The van der Waals surface area contributed by atoms with Crippen LogP contribution in [0.4, 0.5) is 5.82 Å². The second-order valence-electron chi connectivity index (χ2n) is 6.63. The molecule has 144 valence electrons. The zero-order valence-electron chi connectivity index (χ0n) is 16.4. The second-order valence-corrected chi connectivity index (χ2v) is 7.51. The van der Waals surface area contributed by atoms with Crippen molar-refractivity contribution >= 4 is 27.4 Å². The van der Waals surface area contributed by atoms with Gasteiger partial charge in [0.1, 0.15) is 11.3 Å². The van der Waals surface area contributed by atoms with Crippen LogP contribution in [-0.4, -0.2) is 21.5 Å². The van der Waals surface area contributed by atoms with Crippen molar-refractivity contribution in [3.8, 4) is 23.2 Å². The van der Waals surface area contributed by atoms with Gasteiger partial charge in [0.05, 0.1) is 10.3 Å². The Labute approximate surface area is 175 Å². The summed E-state index contributed by atoms with van der Waals surface area (Å²) in [6, 6.07) is 14.4. The normalized spacial score (nSPS) is 10.5. The first-order valence-electron chi connectivity index (χ1n) is 9.81. The molecule has 0 spiro atoms. The van der Waals surface area contributed by atoms with Gasteiger partial charge in [-0.05, 0) is 30.5 Å². The molecule has 0 saturated heterocycles.